The van der Waals surface area contributed by atoms with Gasteiger partial charge in [-0.2, -0.15) is 0 Å². The minimum absolute atomic E-state index is 0.105. The lowest BCUT2D eigenvalue weighted by Crippen LogP contribution is -2.60. The molecule has 0 fully saturated rings. The Balaban J connectivity index is 5.17. The number of nitrogens with two attached hydrogens (primary N) is 1. The first kappa shape index (κ1) is 30.6. The summed E-state index contributed by atoms with van der Waals surface area (Å²) in [5.74, 6) is -2.19. The molecule has 0 saturated carbocycles. The van der Waals surface area contributed by atoms with Crippen molar-refractivity contribution in [2.45, 2.75) is 111 Å². The van der Waals surface area contributed by atoms with Crippen molar-refractivity contribution in [3.8, 4) is 0 Å². The van der Waals surface area contributed by atoms with Crippen LogP contribution in [0.5, 0.6) is 0 Å². The van der Waals surface area contributed by atoms with Crippen LogP contribution in [0.25, 0.3) is 0 Å². The molecule has 0 aliphatic carbocycles. The van der Waals surface area contributed by atoms with Crippen molar-refractivity contribution in [1.29, 1.82) is 0 Å². The zero-order valence-electron chi connectivity index (χ0n) is 21.7. The predicted molar refractivity (Wildman–Crippen MR) is 127 cm³/mol. The molecule has 0 bridgehead atoms. The molecule has 10 nitrogen and oxygen atoms in total. The van der Waals surface area contributed by atoms with E-state index < -0.39 is 53.1 Å². The van der Waals surface area contributed by atoms with Crippen LogP contribution >= 0.6 is 0 Å². The Morgan fingerprint density at radius 3 is 1.97 bits per heavy atom. The largest absolute Gasteiger partial charge is 0.480 e. The molecule has 0 aromatic heterocycles. The quantitative estimate of drug-likeness (QED) is 0.337. The highest BCUT2D eigenvalue weighted by Crippen LogP contribution is 2.22. The minimum Gasteiger partial charge on any atom is -0.480 e. The summed E-state index contributed by atoms with van der Waals surface area (Å²) in [6.07, 6.45) is 0.643. The van der Waals surface area contributed by atoms with E-state index in [2.05, 4.69) is 10.6 Å². The first-order valence-corrected chi connectivity index (χ1v) is 11.5. The maximum atomic E-state index is 13.2. The van der Waals surface area contributed by atoms with Gasteiger partial charge in [0.25, 0.3) is 0 Å². The van der Waals surface area contributed by atoms with Crippen LogP contribution in [0, 0.1) is 5.92 Å². The molecule has 0 aliphatic rings. The monoisotopic (exact) mass is 472 g/mol. The molecule has 0 saturated heterocycles. The third kappa shape index (κ3) is 11.4. The molecule has 0 unspecified atom stereocenters. The third-order valence-corrected chi connectivity index (χ3v) is 4.88. The van der Waals surface area contributed by atoms with Gasteiger partial charge in [0.05, 0.1) is 6.04 Å². The molecule has 192 valence electrons. The van der Waals surface area contributed by atoms with E-state index >= 15 is 0 Å². The number of aliphatic carboxylic acids is 1. The van der Waals surface area contributed by atoms with Crippen molar-refractivity contribution in [3.05, 3.63) is 0 Å². The number of carboxylic acids is 1. The van der Waals surface area contributed by atoms with Crippen LogP contribution < -0.4 is 16.4 Å². The molecular formula is C23H44N4O6. The fourth-order valence-electron chi connectivity index (χ4n) is 3.16. The van der Waals surface area contributed by atoms with Crippen LogP contribution in [-0.2, 0) is 19.1 Å². The second kappa shape index (κ2) is 12.8. The number of rotatable bonds is 11. The summed E-state index contributed by atoms with van der Waals surface area (Å²) < 4.78 is 5.17. The van der Waals surface area contributed by atoms with E-state index in [1.807, 2.05) is 0 Å². The number of carboxylic acid groups (broad SMARTS) is 1. The zero-order valence-corrected chi connectivity index (χ0v) is 21.7. The van der Waals surface area contributed by atoms with Crippen LogP contribution in [0.2, 0.25) is 0 Å². The number of ether oxygens (including phenoxy) is 1. The highest BCUT2D eigenvalue weighted by molar-refractivity contribution is 5.92. The van der Waals surface area contributed by atoms with Crippen molar-refractivity contribution in [2.75, 3.05) is 6.54 Å². The second-order valence-electron chi connectivity index (χ2n) is 10.7. The Morgan fingerprint density at radius 2 is 1.55 bits per heavy atom. The maximum absolute atomic E-state index is 13.2. The van der Waals surface area contributed by atoms with Crippen molar-refractivity contribution >= 4 is 23.9 Å². The summed E-state index contributed by atoms with van der Waals surface area (Å²) in [7, 11) is 0. The lowest BCUT2D eigenvalue weighted by Gasteiger charge is -2.41. The fourth-order valence-corrected chi connectivity index (χ4v) is 3.16. The van der Waals surface area contributed by atoms with E-state index in [0.717, 1.165) is 0 Å². The first-order valence-electron chi connectivity index (χ1n) is 11.5. The summed E-state index contributed by atoms with van der Waals surface area (Å²) in [5, 5.41) is 15.1. The third-order valence-electron chi connectivity index (χ3n) is 4.88. The fraction of sp³-hybridized carbons (Fsp3) is 0.826. The molecule has 0 heterocycles. The predicted octanol–water partition coefficient (Wildman–Crippen LogP) is 2.25. The molecule has 0 radical (unpaired) electrons. The van der Waals surface area contributed by atoms with Gasteiger partial charge in [-0.15, -0.1) is 0 Å². The summed E-state index contributed by atoms with van der Waals surface area (Å²) in [4.78, 5) is 50.6. The van der Waals surface area contributed by atoms with Crippen LogP contribution in [0.3, 0.4) is 0 Å². The van der Waals surface area contributed by atoms with Crippen molar-refractivity contribution in [1.82, 2.24) is 15.5 Å². The average molecular weight is 473 g/mol. The van der Waals surface area contributed by atoms with Crippen LogP contribution in [0.4, 0.5) is 4.79 Å². The molecule has 0 aromatic carbocycles. The normalized spacial score (nSPS) is 14.8. The maximum Gasteiger partial charge on any atom is 0.407 e. The molecule has 3 atom stereocenters. The van der Waals surface area contributed by atoms with Gasteiger partial charge < -0.3 is 31.1 Å². The Labute approximate surface area is 198 Å². The van der Waals surface area contributed by atoms with Gasteiger partial charge in [-0.1, -0.05) is 13.8 Å². The van der Waals surface area contributed by atoms with E-state index in [1.54, 1.807) is 55.4 Å². The van der Waals surface area contributed by atoms with Gasteiger partial charge in [0.15, 0.2) is 0 Å². The summed E-state index contributed by atoms with van der Waals surface area (Å²) >= 11 is 0. The Hall–Kier alpha value is -2.36. The summed E-state index contributed by atoms with van der Waals surface area (Å²) in [6, 6.07) is -2.79. The summed E-state index contributed by atoms with van der Waals surface area (Å²) in [5.41, 5.74) is 4.46. The van der Waals surface area contributed by atoms with Gasteiger partial charge in [0.2, 0.25) is 11.8 Å². The number of hydrogen-bond donors (Lipinski definition) is 4. The highest BCUT2D eigenvalue weighted by Gasteiger charge is 2.39. The number of nitrogens with one attached hydrogen (secondary N) is 2. The van der Waals surface area contributed by atoms with Crippen molar-refractivity contribution in [3.63, 3.8) is 0 Å². The van der Waals surface area contributed by atoms with Crippen LogP contribution in [-0.4, -0.2) is 69.7 Å². The molecule has 0 aromatic rings. The number of alkyl carbamates (subject to hydrolysis) is 1. The van der Waals surface area contributed by atoms with Gasteiger partial charge in [-0.25, -0.2) is 9.59 Å². The van der Waals surface area contributed by atoms with Crippen LogP contribution in [0.15, 0.2) is 0 Å². The molecule has 0 aliphatic heterocycles. The number of carbonyl (C=O) groups is 4. The number of hydrogen-bond acceptors (Lipinski definition) is 6. The number of carbonyl (C=O) groups excluding carboxylic acids is 3. The molecule has 33 heavy (non-hydrogen) atoms. The molecule has 10 heteroatoms. The Morgan fingerprint density at radius 1 is 1.00 bits per heavy atom. The molecule has 0 spiro atoms. The van der Waals surface area contributed by atoms with E-state index in [0.29, 0.717) is 19.4 Å². The number of amides is 3. The lowest BCUT2D eigenvalue weighted by molar-refractivity contribution is -0.156. The van der Waals surface area contributed by atoms with Gasteiger partial charge in [0.1, 0.15) is 17.7 Å². The van der Waals surface area contributed by atoms with Crippen molar-refractivity contribution < 1.29 is 29.0 Å². The smallest absolute Gasteiger partial charge is 0.407 e. The van der Waals surface area contributed by atoms with Crippen molar-refractivity contribution in [2.24, 2.45) is 11.7 Å². The van der Waals surface area contributed by atoms with Gasteiger partial charge in [-0.3, -0.25) is 9.59 Å². The highest BCUT2D eigenvalue weighted by atomic mass is 16.6. The SMILES string of the molecule is CC(C)[C@H](N)C(=O)N[C@@H](C)C(=O)N([C@@H](CCCCNC(=O)OC(C)(C)C)C(=O)O)C(C)(C)C. The summed E-state index contributed by atoms with van der Waals surface area (Å²) in [6.45, 7) is 16.0. The minimum atomic E-state index is -1.13. The number of nitrogens with zero attached hydrogens (tertiary/aromatic N) is 1. The van der Waals surface area contributed by atoms with E-state index in [-0.39, 0.29) is 12.3 Å². The topological polar surface area (TPSA) is 151 Å². The van der Waals surface area contributed by atoms with E-state index in [4.69, 9.17) is 10.5 Å². The Kier molecular flexibility index (Phi) is 11.9. The number of unbranched alkanes of at least 4 members (excludes halogenated alkanes) is 1. The first-order chi connectivity index (χ1) is 14.9. The average Bonchev–Trinajstić information content (AvgIpc) is 2.62. The van der Waals surface area contributed by atoms with E-state index in [9.17, 15) is 24.3 Å². The van der Waals surface area contributed by atoms with Gasteiger partial charge in [0, 0.05) is 12.1 Å². The van der Waals surface area contributed by atoms with E-state index in [1.165, 1.54) is 11.8 Å². The molecule has 0 rings (SSSR count). The van der Waals surface area contributed by atoms with Gasteiger partial charge >= 0.3 is 12.1 Å². The molecule has 3 amide bonds. The standard InChI is InChI=1S/C23H44N4O6/c1-14(2)17(24)18(28)26-15(3)19(29)27(22(4,5)6)16(20(30)31)12-10-11-13-25-21(32)33-23(7,8)9/h14-17H,10-13,24H2,1-9H3,(H,25,32)(H,26,28)(H,30,31)/t15-,16-,17-/m0/s1. The molecule has 5 N–H and O–H groups in total. The Bertz CT molecular complexity index is 681. The second-order valence-corrected chi connectivity index (χ2v) is 10.7. The van der Waals surface area contributed by atoms with Gasteiger partial charge in [-0.05, 0) is 73.6 Å². The lowest BCUT2D eigenvalue weighted by atomic mass is 9.97. The zero-order chi connectivity index (χ0) is 26.1. The molecular weight excluding hydrogens is 428 g/mol. The van der Waals surface area contributed by atoms with Crippen LogP contribution in [0.1, 0.15) is 81.6 Å².